The lowest BCUT2D eigenvalue weighted by atomic mass is 9.89. The summed E-state index contributed by atoms with van der Waals surface area (Å²) in [4.78, 5) is 0. The first-order valence-corrected chi connectivity index (χ1v) is 30.2. The van der Waals surface area contributed by atoms with Crippen LogP contribution in [0, 0.1) is 0 Å². The van der Waals surface area contributed by atoms with Crippen LogP contribution in [0.1, 0.15) is 55.6 Å². The van der Waals surface area contributed by atoms with Crippen LogP contribution in [0.25, 0.3) is 0 Å². The molecule has 0 unspecified atom stereocenters. The first kappa shape index (κ1) is 60.3. The Hall–Kier alpha value is -7.42. The molecule has 0 spiro atoms. The van der Waals surface area contributed by atoms with E-state index in [0.29, 0.717) is 65.7 Å². The molecule has 86 heavy (non-hydrogen) atoms. The van der Waals surface area contributed by atoms with Gasteiger partial charge in [-0.15, -0.1) is 0 Å². The molecule has 0 radical (unpaired) electrons. The number of benzene rings is 9. The lowest BCUT2D eigenvalue weighted by molar-refractivity contribution is -0.272. The van der Waals surface area contributed by atoms with Crippen LogP contribution >= 0.6 is 0 Å². The van der Waals surface area contributed by atoms with Crippen molar-refractivity contribution in [3.05, 3.63) is 323 Å². The molecule has 2 aliphatic rings. The molecule has 442 valence electrons. The molecule has 0 amide bonds. The molecule has 10 heteroatoms. The highest BCUT2D eigenvalue weighted by Crippen LogP contribution is 2.35. The van der Waals surface area contributed by atoms with Gasteiger partial charge >= 0.3 is 0 Å². The monoisotopic (exact) mass is 1150 g/mol. The third-order valence-electron chi connectivity index (χ3n) is 15.9. The van der Waals surface area contributed by atoms with Crippen molar-refractivity contribution in [2.45, 2.75) is 127 Å². The molecule has 2 aliphatic heterocycles. The molecule has 0 saturated carbocycles. The van der Waals surface area contributed by atoms with Gasteiger partial charge in [0.2, 0.25) is 0 Å². The van der Waals surface area contributed by atoms with E-state index >= 15 is 0 Å². The predicted octanol–water partition coefficient (Wildman–Crippen LogP) is 14.3. The maximum Gasteiger partial charge on any atom is 0.115 e. The fraction of sp³-hybridized carbons (Fsp3) is 0.289. The van der Waals surface area contributed by atoms with Crippen molar-refractivity contribution in [3.8, 4) is 0 Å². The Balaban J connectivity index is 0.895. The van der Waals surface area contributed by atoms with Crippen LogP contribution in [0.2, 0.25) is 0 Å². The molecule has 2 heterocycles. The van der Waals surface area contributed by atoms with Crippen molar-refractivity contribution in [2.24, 2.45) is 0 Å². The molecule has 2 saturated heterocycles. The maximum atomic E-state index is 7.31. The zero-order chi connectivity index (χ0) is 58.2. The van der Waals surface area contributed by atoms with Crippen LogP contribution in [-0.2, 0) is 113 Å². The standard InChI is InChI=1S/C76H78O10/c1-9-25-59(26-10-1)47-77-55-69-73(81-51-63-33-17-5-18-34-63)75(83-53-65-37-21-7-22-38-65)71(79-49-61-29-13-3-14-30-61)67(85-69)45-57-41-43-58(44-42-57)46-68-72(80-50-62-31-15-4-16-32-62)76(84-54-66-39-23-8-24-40-66)74(82-52-64-35-19-6-20-36-64)70(86-68)56-78-48-60-27-11-2-12-28-60/h1-44,67-76H,45-56H2/t67-,68-,69+,70+,71-,72-,73+,74+,75+,76+/m0/s1. The molecule has 9 aromatic rings. The van der Waals surface area contributed by atoms with E-state index in [2.05, 4.69) is 121 Å². The summed E-state index contributed by atoms with van der Waals surface area (Å²) >= 11 is 0. The Bertz CT molecular complexity index is 3050. The largest absolute Gasteiger partial charge is 0.374 e. The summed E-state index contributed by atoms with van der Waals surface area (Å²) in [7, 11) is 0. The first-order chi connectivity index (χ1) is 42.6. The van der Waals surface area contributed by atoms with Crippen LogP contribution in [-0.4, -0.2) is 74.3 Å². The minimum atomic E-state index is -0.543. The summed E-state index contributed by atoms with van der Waals surface area (Å²) in [6.07, 6.45) is -4.05. The predicted molar refractivity (Wildman–Crippen MR) is 333 cm³/mol. The molecule has 0 bridgehead atoms. The van der Waals surface area contributed by atoms with Crippen molar-refractivity contribution in [1.82, 2.24) is 0 Å². The Morgan fingerprint density at radius 1 is 0.198 bits per heavy atom. The topological polar surface area (TPSA) is 92.3 Å². The highest BCUT2D eigenvalue weighted by molar-refractivity contribution is 5.26. The lowest BCUT2D eigenvalue weighted by Crippen LogP contribution is -2.61. The molecule has 10 atom stereocenters. The second kappa shape index (κ2) is 32.4. The van der Waals surface area contributed by atoms with Gasteiger partial charge in [-0.1, -0.05) is 267 Å². The van der Waals surface area contributed by atoms with E-state index in [1.807, 2.05) is 146 Å². The van der Waals surface area contributed by atoms with Gasteiger partial charge in [-0.25, -0.2) is 0 Å². The van der Waals surface area contributed by atoms with Gasteiger partial charge in [0.1, 0.15) is 48.8 Å². The Morgan fingerprint density at radius 3 is 0.628 bits per heavy atom. The van der Waals surface area contributed by atoms with E-state index in [1.54, 1.807) is 0 Å². The molecule has 11 rings (SSSR count). The molecular formula is C76H78O10. The Morgan fingerprint density at radius 2 is 0.395 bits per heavy atom. The van der Waals surface area contributed by atoms with Crippen LogP contribution in [0.5, 0.6) is 0 Å². The summed E-state index contributed by atoms with van der Waals surface area (Å²) in [6.45, 7) is 3.56. The zero-order valence-corrected chi connectivity index (χ0v) is 48.7. The average Bonchev–Trinajstić information content (AvgIpc) is 3.28. The quantitative estimate of drug-likeness (QED) is 0.0433. The number of hydrogen-bond acceptors (Lipinski definition) is 10. The van der Waals surface area contributed by atoms with Crippen molar-refractivity contribution < 1.29 is 47.4 Å². The van der Waals surface area contributed by atoms with Gasteiger partial charge in [0, 0.05) is 12.8 Å². The van der Waals surface area contributed by atoms with Crippen LogP contribution in [0.15, 0.2) is 267 Å². The van der Waals surface area contributed by atoms with Crippen LogP contribution < -0.4 is 0 Å². The molecular weight excluding hydrogens is 1070 g/mol. The molecule has 2 fully saturated rings. The van der Waals surface area contributed by atoms with Gasteiger partial charge in [0.05, 0.1) is 78.3 Å². The van der Waals surface area contributed by atoms with E-state index in [0.717, 1.165) is 55.6 Å². The van der Waals surface area contributed by atoms with E-state index < -0.39 is 61.0 Å². The van der Waals surface area contributed by atoms with E-state index in [-0.39, 0.29) is 13.2 Å². The zero-order valence-electron chi connectivity index (χ0n) is 48.7. The van der Waals surface area contributed by atoms with E-state index in [1.165, 1.54) is 0 Å². The van der Waals surface area contributed by atoms with Crippen LogP contribution in [0.3, 0.4) is 0 Å². The number of rotatable bonds is 30. The van der Waals surface area contributed by atoms with Gasteiger partial charge in [-0.05, 0) is 55.6 Å². The normalized spacial score (nSPS) is 22.1. The maximum absolute atomic E-state index is 7.31. The molecule has 0 aromatic heterocycles. The first-order valence-electron chi connectivity index (χ1n) is 30.2. The van der Waals surface area contributed by atoms with Crippen LogP contribution in [0.4, 0.5) is 0 Å². The summed E-state index contributed by atoms with van der Waals surface area (Å²) in [6, 6.07) is 90.8. The third kappa shape index (κ3) is 17.8. The van der Waals surface area contributed by atoms with Gasteiger partial charge in [0.25, 0.3) is 0 Å². The van der Waals surface area contributed by atoms with Crippen molar-refractivity contribution in [2.75, 3.05) is 13.2 Å². The lowest BCUT2D eigenvalue weighted by Gasteiger charge is -2.46. The van der Waals surface area contributed by atoms with Crippen molar-refractivity contribution >= 4 is 0 Å². The second-order valence-corrected chi connectivity index (χ2v) is 22.2. The number of ether oxygens (including phenoxy) is 10. The fourth-order valence-corrected chi connectivity index (χ4v) is 11.4. The summed E-state index contributed by atoms with van der Waals surface area (Å²) < 4.78 is 70.1. The van der Waals surface area contributed by atoms with Gasteiger partial charge in [-0.3, -0.25) is 0 Å². The molecule has 0 N–H and O–H groups in total. The third-order valence-corrected chi connectivity index (χ3v) is 15.9. The SMILES string of the molecule is c1ccc(COC[C@H]2O[C@@H](Cc3ccc(C[C@@H]4O[C@H](COCc5ccccc5)[C@@H](OCc5ccccc5)[C@H](OCc5ccccc5)[C@H]4OCc4ccccc4)cc3)[C@H](OCc3ccccc3)[C@@H](OCc3ccccc3)[C@@H]2OCc2ccccc2)cc1. The second-order valence-electron chi connectivity index (χ2n) is 22.2. The number of hydrogen-bond donors (Lipinski definition) is 0. The van der Waals surface area contributed by atoms with Crippen molar-refractivity contribution in [1.29, 1.82) is 0 Å². The average molecular weight is 1150 g/mol. The molecule has 9 aromatic carbocycles. The molecule has 10 nitrogen and oxygen atoms in total. The summed E-state index contributed by atoms with van der Waals surface area (Å²) in [5.74, 6) is 0. The summed E-state index contributed by atoms with van der Waals surface area (Å²) in [5.41, 5.74) is 10.6. The minimum absolute atomic E-state index is 0.280. The summed E-state index contributed by atoms with van der Waals surface area (Å²) in [5, 5.41) is 0. The van der Waals surface area contributed by atoms with Gasteiger partial charge in [-0.2, -0.15) is 0 Å². The highest BCUT2D eigenvalue weighted by atomic mass is 16.6. The Labute approximate surface area is 507 Å². The van der Waals surface area contributed by atoms with Gasteiger partial charge < -0.3 is 47.4 Å². The van der Waals surface area contributed by atoms with Crippen molar-refractivity contribution in [3.63, 3.8) is 0 Å². The van der Waals surface area contributed by atoms with E-state index in [9.17, 15) is 0 Å². The van der Waals surface area contributed by atoms with E-state index in [4.69, 9.17) is 47.4 Å². The minimum Gasteiger partial charge on any atom is -0.374 e. The Kier molecular flexibility index (Phi) is 22.7. The smallest absolute Gasteiger partial charge is 0.115 e. The van der Waals surface area contributed by atoms with Gasteiger partial charge in [0.15, 0.2) is 0 Å². The fourth-order valence-electron chi connectivity index (χ4n) is 11.4. The highest BCUT2D eigenvalue weighted by Gasteiger charge is 2.50. The molecule has 0 aliphatic carbocycles.